The number of carbonyl (C=O) groups is 1. The van der Waals surface area contributed by atoms with Gasteiger partial charge in [-0.3, -0.25) is 4.79 Å². The molecule has 2 fully saturated rings. The summed E-state index contributed by atoms with van der Waals surface area (Å²) < 4.78 is 0. The van der Waals surface area contributed by atoms with Crippen molar-refractivity contribution in [3.63, 3.8) is 0 Å². The molecule has 1 aliphatic carbocycles. The van der Waals surface area contributed by atoms with Gasteiger partial charge in [0.1, 0.15) is 5.69 Å². The minimum Gasteiger partial charge on any atom is -0.375 e. The van der Waals surface area contributed by atoms with Crippen LogP contribution in [-0.2, 0) is 0 Å². The van der Waals surface area contributed by atoms with E-state index in [1.54, 1.807) is 0 Å². The number of fused-ring (bicyclic) bond motifs is 1. The number of benzene rings is 1. The Balaban J connectivity index is 1.70. The number of amides is 1. The molecular weight excluding hydrogens is 308 g/mol. The van der Waals surface area contributed by atoms with Crippen LogP contribution >= 0.6 is 11.3 Å². The summed E-state index contributed by atoms with van der Waals surface area (Å²) >= 11 is 1.37. The van der Waals surface area contributed by atoms with Gasteiger partial charge in [-0.05, 0) is 30.7 Å². The third kappa shape index (κ3) is 2.42. The SMILES string of the molecule is Cc1cccc(-c2sc(N)nc2C(=O)N2C[C@H]3C[C@H]3[C@H]2CN)c1. The molecule has 23 heavy (non-hydrogen) atoms. The molecule has 0 unspecified atom stereocenters. The molecule has 120 valence electrons. The number of nitrogens with two attached hydrogens (primary N) is 2. The second kappa shape index (κ2) is 5.32. The quantitative estimate of drug-likeness (QED) is 0.904. The number of anilines is 1. The molecular formula is C17H20N4OS. The number of rotatable bonds is 3. The first-order valence-corrected chi connectivity index (χ1v) is 8.74. The molecule has 4 N–H and O–H groups in total. The van der Waals surface area contributed by atoms with Crippen LogP contribution in [0.5, 0.6) is 0 Å². The number of piperidine rings is 1. The number of nitrogen functional groups attached to an aromatic ring is 1. The van der Waals surface area contributed by atoms with E-state index in [-0.39, 0.29) is 11.9 Å². The van der Waals surface area contributed by atoms with E-state index in [0.717, 1.165) is 22.5 Å². The van der Waals surface area contributed by atoms with Crippen LogP contribution in [0.4, 0.5) is 5.13 Å². The minimum atomic E-state index is -0.0305. The molecule has 0 radical (unpaired) electrons. The fourth-order valence-corrected chi connectivity index (χ4v) is 4.53. The molecule has 1 saturated heterocycles. The monoisotopic (exact) mass is 328 g/mol. The fraction of sp³-hybridized carbons (Fsp3) is 0.412. The standard InChI is InChI=1S/C17H20N4OS/c1-9-3-2-4-10(5-9)15-14(20-17(19)23-15)16(22)21-8-11-6-12(11)13(21)7-18/h2-5,11-13H,6-8,18H2,1H3,(H2,19,20)/t11-,12-,13-/m1/s1. The summed E-state index contributed by atoms with van der Waals surface area (Å²) in [5.74, 6) is 1.19. The van der Waals surface area contributed by atoms with Crippen LogP contribution in [0.2, 0.25) is 0 Å². The van der Waals surface area contributed by atoms with Gasteiger partial charge in [-0.2, -0.15) is 0 Å². The molecule has 3 atom stereocenters. The summed E-state index contributed by atoms with van der Waals surface area (Å²) in [7, 11) is 0. The first-order valence-electron chi connectivity index (χ1n) is 7.93. The fourth-order valence-electron chi connectivity index (χ4n) is 3.71. The number of carbonyl (C=O) groups excluding carboxylic acids is 1. The molecule has 0 spiro atoms. The van der Waals surface area contributed by atoms with Crippen LogP contribution in [0.3, 0.4) is 0 Å². The lowest BCUT2D eigenvalue weighted by atomic mass is 10.1. The smallest absolute Gasteiger partial charge is 0.274 e. The highest BCUT2D eigenvalue weighted by Gasteiger charge is 2.53. The second-order valence-corrected chi connectivity index (χ2v) is 7.55. The van der Waals surface area contributed by atoms with Crippen molar-refractivity contribution in [3.8, 4) is 10.4 Å². The molecule has 2 aromatic rings. The Bertz CT molecular complexity index is 772. The molecule has 1 aliphatic heterocycles. The van der Waals surface area contributed by atoms with Crippen molar-refractivity contribution in [2.24, 2.45) is 17.6 Å². The van der Waals surface area contributed by atoms with Crippen LogP contribution in [0.1, 0.15) is 22.5 Å². The van der Waals surface area contributed by atoms with E-state index in [1.165, 1.54) is 17.8 Å². The molecule has 2 heterocycles. The zero-order chi connectivity index (χ0) is 16.1. The lowest BCUT2D eigenvalue weighted by molar-refractivity contribution is 0.0708. The lowest BCUT2D eigenvalue weighted by Crippen LogP contribution is -2.43. The highest BCUT2D eigenvalue weighted by molar-refractivity contribution is 7.19. The van der Waals surface area contributed by atoms with Crippen LogP contribution < -0.4 is 11.5 Å². The minimum absolute atomic E-state index is 0.0305. The van der Waals surface area contributed by atoms with E-state index in [1.807, 2.05) is 30.0 Å². The average Bonchev–Trinajstić information content (AvgIpc) is 3.03. The van der Waals surface area contributed by atoms with Crippen molar-refractivity contribution in [1.82, 2.24) is 9.88 Å². The molecule has 1 aromatic carbocycles. The summed E-state index contributed by atoms with van der Waals surface area (Å²) in [6.07, 6.45) is 1.20. The van der Waals surface area contributed by atoms with E-state index >= 15 is 0 Å². The molecule has 1 aromatic heterocycles. The van der Waals surface area contributed by atoms with Gasteiger partial charge >= 0.3 is 0 Å². The van der Waals surface area contributed by atoms with E-state index < -0.39 is 0 Å². The predicted molar refractivity (Wildman–Crippen MR) is 92.2 cm³/mol. The molecule has 1 saturated carbocycles. The predicted octanol–water partition coefficient (Wildman–Crippen LogP) is 2.12. The van der Waals surface area contributed by atoms with Crippen molar-refractivity contribution < 1.29 is 4.79 Å². The summed E-state index contributed by atoms with van der Waals surface area (Å²) in [6, 6.07) is 8.24. The number of aryl methyl sites for hydroxylation is 1. The van der Waals surface area contributed by atoms with Gasteiger partial charge in [0.15, 0.2) is 5.13 Å². The van der Waals surface area contributed by atoms with Gasteiger partial charge in [-0.1, -0.05) is 41.2 Å². The number of hydrogen-bond acceptors (Lipinski definition) is 5. The summed E-state index contributed by atoms with van der Waals surface area (Å²) in [6.45, 7) is 3.36. The summed E-state index contributed by atoms with van der Waals surface area (Å²) in [5, 5.41) is 0.429. The van der Waals surface area contributed by atoms with Crippen molar-refractivity contribution in [2.75, 3.05) is 18.8 Å². The Kier molecular flexibility index (Phi) is 3.39. The zero-order valence-electron chi connectivity index (χ0n) is 13.0. The summed E-state index contributed by atoms with van der Waals surface area (Å²) in [5.41, 5.74) is 14.4. The number of aromatic nitrogens is 1. The zero-order valence-corrected chi connectivity index (χ0v) is 13.8. The van der Waals surface area contributed by atoms with E-state index in [4.69, 9.17) is 11.5 Å². The van der Waals surface area contributed by atoms with Crippen LogP contribution in [0.15, 0.2) is 24.3 Å². The Morgan fingerprint density at radius 3 is 3.04 bits per heavy atom. The van der Waals surface area contributed by atoms with Crippen molar-refractivity contribution in [3.05, 3.63) is 35.5 Å². The molecule has 5 nitrogen and oxygen atoms in total. The van der Waals surface area contributed by atoms with Gasteiger partial charge in [0.05, 0.1) is 4.88 Å². The van der Waals surface area contributed by atoms with Crippen LogP contribution in [0, 0.1) is 18.8 Å². The maximum atomic E-state index is 13.0. The number of nitrogens with zero attached hydrogens (tertiary/aromatic N) is 2. The van der Waals surface area contributed by atoms with Gasteiger partial charge in [-0.25, -0.2) is 4.98 Å². The Hall–Kier alpha value is -1.92. The van der Waals surface area contributed by atoms with E-state index in [0.29, 0.717) is 29.2 Å². The van der Waals surface area contributed by atoms with Crippen molar-refractivity contribution >= 4 is 22.4 Å². The topological polar surface area (TPSA) is 85.2 Å². The molecule has 0 bridgehead atoms. The van der Waals surface area contributed by atoms with Crippen molar-refractivity contribution in [1.29, 1.82) is 0 Å². The van der Waals surface area contributed by atoms with Gasteiger partial charge in [-0.15, -0.1) is 0 Å². The number of hydrogen-bond donors (Lipinski definition) is 2. The summed E-state index contributed by atoms with van der Waals surface area (Å²) in [4.78, 5) is 20.1. The molecule has 6 heteroatoms. The van der Waals surface area contributed by atoms with Gasteiger partial charge in [0, 0.05) is 19.1 Å². The van der Waals surface area contributed by atoms with Crippen LogP contribution in [0.25, 0.3) is 10.4 Å². The maximum Gasteiger partial charge on any atom is 0.274 e. The Morgan fingerprint density at radius 1 is 1.48 bits per heavy atom. The molecule has 4 rings (SSSR count). The largest absolute Gasteiger partial charge is 0.375 e. The van der Waals surface area contributed by atoms with E-state index in [9.17, 15) is 4.79 Å². The highest BCUT2D eigenvalue weighted by Crippen LogP contribution is 2.49. The first-order chi connectivity index (χ1) is 11.1. The Morgan fingerprint density at radius 2 is 2.30 bits per heavy atom. The normalized spacial score (nSPS) is 25.5. The third-order valence-corrected chi connectivity index (χ3v) is 5.87. The van der Waals surface area contributed by atoms with Gasteiger partial charge in [0.25, 0.3) is 5.91 Å². The third-order valence-electron chi connectivity index (χ3n) is 4.93. The number of thiazole rings is 1. The van der Waals surface area contributed by atoms with Gasteiger partial charge < -0.3 is 16.4 Å². The molecule has 1 amide bonds. The highest BCUT2D eigenvalue weighted by atomic mass is 32.1. The molecule has 2 aliphatic rings. The maximum absolute atomic E-state index is 13.0. The first kappa shape index (κ1) is 14.7. The Labute approximate surface area is 139 Å². The number of likely N-dealkylation sites (tertiary alicyclic amines) is 1. The average molecular weight is 328 g/mol. The van der Waals surface area contributed by atoms with Crippen molar-refractivity contribution in [2.45, 2.75) is 19.4 Å². The van der Waals surface area contributed by atoms with Crippen LogP contribution in [-0.4, -0.2) is 34.9 Å². The van der Waals surface area contributed by atoms with E-state index in [2.05, 4.69) is 11.1 Å². The lowest BCUT2D eigenvalue weighted by Gasteiger charge is -2.26. The second-order valence-electron chi connectivity index (χ2n) is 6.52. The van der Waals surface area contributed by atoms with Gasteiger partial charge in [0.2, 0.25) is 0 Å².